The molecule has 1 aromatic rings. The van der Waals surface area contributed by atoms with Crippen LogP contribution in [-0.2, 0) is 10.0 Å². The van der Waals surface area contributed by atoms with Gasteiger partial charge in [0.2, 0.25) is 0 Å². The van der Waals surface area contributed by atoms with Gasteiger partial charge in [0.25, 0.3) is 10.0 Å². The highest BCUT2D eigenvalue weighted by Gasteiger charge is 2.31. The van der Waals surface area contributed by atoms with Crippen molar-refractivity contribution in [1.82, 2.24) is 4.31 Å². The summed E-state index contributed by atoms with van der Waals surface area (Å²) < 4.78 is 27.8. The Balaban J connectivity index is 2.34. The van der Waals surface area contributed by atoms with E-state index in [0.29, 0.717) is 19.6 Å². The van der Waals surface area contributed by atoms with E-state index >= 15 is 0 Å². The Morgan fingerprint density at radius 3 is 2.78 bits per heavy atom. The Bertz CT molecular complexity index is 510. The molecular formula is C11H15BrClNO2S2. The fourth-order valence-electron chi connectivity index (χ4n) is 2.18. The van der Waals surface area contributed by atoms with E-state index in [9.17, 15) is 8.42 Å². The highest BCUT2D eigenvalue weighted by molar-refractivity contribution is 9.11. The molecule has 0 radical (unpaired) electrons. The van der Waals surface area contributed by atoms with Crippen molar-refractivity contribution in [3.8, 4) is 0 Å². The lowest BCUT2D eigenvalue weighted by atomic mass is 10.1. The molecule has 0 bridgehead atoms. The van der Waals surface area contributed by atoms with E-state index in [4.69, 9.17) is 11.6 Å². The second-order valence-electron chi connectivity index (χ2n) is 4.50. The zero-order valence-corrected chi connectivity index (χ0v) is 14.0. The van der Waals surface area contributed by atoms with Crippen LogP contribution in [-0.4, -0.2) is 25.3 Å². The SMILES string of the molecule is CC1CCCCCN1S(=O)(=O)c1cc(Cl)c(Br)s1. The Kier molecular flexibility index (Phi) is 4.75. The van der Waals surface area contributed by atoms with E-state index in [1.54, 1.807) is 4.31 Å². The zero-order valence-electron chi connectivity index (χ0n) is 10.0. The van der Waals surface area contributed by atoms with Crippen molar-refractivity contribution < 1.29 is 8.42 Å². The summed E-state index contributed by atoms with van der Waals surface area (Å²) in [6, 6.07) is 1.60. The van der Waals surface area contributed by atoms with Gasteiger partial charge in [0.15, 0.2) is 0 Å². The van der Waals surface area contributed by atoms with Crippen LogP contribution in [0.4, 0.5) is 0 Å². The van der Waals surface area contributed by atoms with Crippen LogP contribution in [0.25, 0.3) is 0 Å². The maximum atomic E-state index is 12.6. The van der Waals surface area contributed by atoms with Gasteiger partial charge in [-0.05, 0) is 41.8 Å². The molecular weight excluding hydrogens is 358 g/mol. The van der Waals surface area contributed by atoms with E-state index in [1.165, 1.54) is 17.4 Å². The van der Waals surface area contributed by atoms with Gasteiger partial charge in [-0.3, -0.25) is 0 Å². The lowest BCUT2D eigenvalue weighted by molar-refractivity contribution is 0.343. The lowest BCUT2D eigenvalue weighted by Crippen LogP contribution is -2.37. The molecule has 1 unspecified atom stereocenters. The monoisotopic (exact) mass is 371 g/mol. The summed E-state index contributed by atoms with van der Waals surface area (Å²) in [5.74, 6) is 0. The van der Waals surface area contributed by atoms with E-state index in [2.05, 4.69) is 15.9 Å². The van der Waals surface area contributed by atoms with E-state index in [0.717, 1.165) is 25.7 Å². The molecule has 102 valence electrons. The van der Waals surface area contributed by atoms with Crippen LogP contribution in [0.5, 0.6) is 0 Å². The highest BCUT2D eigenvalue weighted by atomic mass is 79.9. The Morgan fingerprint density at radius 2 is 2.17 bits per heavy atom. The van der Waals surface area contributed by atoms with Gasteiger partial charge in [-0.15, -0.1) is 11.3 Å². The van der Waals surface area contributed by atoms with Crippen molar-refractivity contribution in [3.63, 3.8) is 0 Å². The van der Waals surface area contributed by atoms with Gasteiger partial charge in [0.05, 0.1) is 8.81 Å². The Labute approximate surface area is 125 Å². The first kappa shape index (κ1) is 14.8. The van der Waals surface area contributed by atoms with Crippen molar-refractivity contribution in [3.05, 3.63) is 14.9 Å². The molecule has 1 aliphatic rings. The summed E-state index contributed by atoms with van der Waals surface area (Å²) in [5.41, 5.74) is 0. The van der Waals surface area contributed by atoms with Crippen molar-refractivity contribution in [2.45, 2.75) is 42.9 Å². The Hall–Kier alpha value is 0.380. The first-order chi connectivity index (χ1) is 8.43. The van der Waals surface area contributed by atoms with Gasteiger partial charge in [-0.2, -0.15) is 4.31 Å². The molecule has 2 rings (SSSR count). The minimum atomic E-state index is -3.40. The number of thiophene rings is 1. The van der Waals surface area contributed by atoms with Crippen LogP contribution in [0.2, 0.25) is 5.02 Å². The molecule has 0 aromatic carbocycles. The highest BCUT2D eigenvalue weighted by Crippen LogP contribution is 2.37. The van der Waals surface area contributed by atoms with Gasteiger partial charge in [0.1, 0.15) is 4.21 Å². The van der Waals surface area contributed by atoms with E-state index in [1.807, 2.05) is 6.92 Å². The van der Waals surface area contributed by atoms with Crippen molar-refractivity contribution in [1.29, 1.82) is 0 Å². The van der Waals surface area contributed by atoms with Gasteiger partial charge in [0, 0.05) is 12.6 Å². The number of rotatable bonds is 2. The minimum absolute atomic E-state index is 0.0668. The molecule has 0 N–H and O–H groups in total. The predicted molar refractivity (Wildman–Crippen MR) is 78.9 cm³/mol. The molecule has 0 saturated carbocycles. The van der Waals surface area contributed by atoms with E-state index in [-0.39, 0.29) is 6.04 Å². The molecule has 0 spiro atoms. The molecule has 0 amide bonds. The summed E-state index contributed by atoms with van der Waals surface area (Å²) in [7, 11) is -3.40. The summed E-state index contributed by atoms with van der Waals surface area (Å²) in [4.78, 5) is 0. The fraction of sp³-hybridized carbons (Fsp3) is 0.636. The largest absolute Gasteiger partial charge is 0.252 e. The second-order valence-corrected chi connectivity index (χ2v) is 9.40. The lowest BCUT2D eigenvalue weighted by Gasteiger charge is -2.25. The molecule has 2 heterocycles. The van der Waals surface area contributed by atoms with Gasteiger partial charge in [-0.1, -0.05) is 24.4 Å². The van der Waals surface area contributed by atoms with Crippen molar-refractivity contribution in [2.75, 3.05) is 6.54 Å². The number of nitrogens with zero attached hydrogens (tertiary/aromatic N) is 1. The first-order valence-corrected chi connectivity index (χ1v) is 9.32. The third-order valence-corrected chi connectivity index (χ3v) is 8.11. The van der Waals surface area contributed by atoms with Crippen LogP contribution in [0.3, 0.4) is 0 Å². The van der Waals surface area contributed by atoms with Crippen LogP contribution >= 0.6 is 38.9 Å². The molecule has 1 fully saturated rings. The maximum absolute atomic E-state index is 12.6. The summed E-state index contributed by atoms with van der Waals surface area (Å²) in [6.45, 7) is 2.59. The maximum Gasteiger partial charge on any atom is 0.252 e. The zero-order chi connectivity index (χ0) is 13.3. The van der Waals surface area contributed by atoms with Crippen LogP contribution in [0.15, 0.2) is 14.1 Å². The molecule has 1 aromatic heterocycles. The van der Waals surface area contributed by atoms with Gasteiger partial charge >= 0.3 is 0 Å². The van der Waals surface area contributed by atoms with Crippen molar-refractivity contribution in [2.24, 2.45) is 0 Å². The quantitative estimate of drug-likeness (QED) is 0.783. The molecule has 3 nitrogen and oxygen atoms in total. The molecule has 0 aliphatic carbocycles. The van der Waals surface area contributed by atoms with Crippen LogP contribution in [0.1, 0.15) is 32.6 Å². The van der Waals surface area contributed by atoms with Crippen LogP contribution < -0.4 is 0 Å². The smallest absolute Gasteiger partial charge is 0.206 e. The molecule has 1 saturated heterocycles. The third kappa shape index (κ3) is 2.93. The first-order valence-electron chi connectivity index (χ1n) is 5.89. The summed E-state index contributed by atoms with van der Waals surface area (Å²) >= 11 is 10.4. The average molecular weight is 373 g/mol. The third-order valence-electron chi connectivity index (χ3n) is 3.18. The second kappa shape index (κ2) is 5.79. The van der Waals surface area contributed by atoms with Crippen molar-refractivity contribution >= 4 is 48.9 Å². The minimum Gasteiger partial charge on any atom is -0.206 e. The standard InChI is InChI=1S/C11H15BrClNO2S2/c1-8-5-3-2-4-6-14(8)18(15,16)10-7-9(13)11(12)17-10/h7-8H,2-6H2,1H3. The van der Waals surface area contributed by atoms with Gasteiger partial charge in [-0.25, -0.2) is 8.42 Å². The number of hydrogen-bond acceptors (Lipinski definition) is 3. The van der Waals surface area contributed by atoms with Gasteiger partial charge < -0.3 is 0 Å². The molecule has 7 heteroatoms. The molecule has 18 heavy (non-hydrogen) atoms. The average Bonchev–Trinajstić information content (AvgIpc) is 2.51. The van der Waals surface area contributed by atoms with Crippen LogP contribution in [0, 0.1) is 0 Å². The molecule has 1 atom stereocenters. The summed E-state index contributed by atoms with van der Waals surface area (Å²) in [6.07, 6.45) is 4.07. The van der Waals surface area contributed by atoms with E-state index < -0.39 is 10.0 Å². The molecule has 1 aliphatic heterocycles. The number of sulfonamides is 1. The topological polar surface area (TPSA) is 37.4 Å². The normalized spacial score (nSPS) is 22.9. The number of hydrogen-bond donors (Lipinski definition) is 0. The fourth-order valence-corrected chi connectivity index (χ4v) is 6.40. The summed E-state index contributed by atoms with van der Waals surface area (Å²) in [5, 5.41) is 0.459. The number of halogens is 2. The Morgan fingerprint density at radius 1 is 1.44 bits per heavy atom. The predicted octanol–water partition coefficient (Wildman–Crippen LogP) is 4.12.